The number of carbonyl (C=O) groups is 2. The fourth-order valence-electron chi connectivity index (χ4n) is 3.72. The van der Waals surface area contributed by atoms with E-state index < -0.39 is 5.92 Å². The maximum absolute atomic E-state index is 12.8. The van der Waals surface area contributed by atoms with Gasteiger partial charge in [-0.3, -0.25) is 9.59 Å². The van der Waals surface area contributed by atoms with Crippen LogP contribution in [-0.4, -0.2) is 36.1 Å². The minimum absolute atomic E-state index is 0.00998. The Balaban J connectivity index is 1.48. The molecule has 0 N–H and O–H groups in total. The number of benzene rings is 2. The second kappa shape index (κ2) is 9.29. The molecular formula is C23H26ClNO2. The van der Waals surface area contributed by atoms with Crippen LogP contribution in [0.15, 0.2) is 54.6 Å². The van der Waals surface area contributed by atoms with E-state index in [1.54, 1.807) is 31.2 Å². The van der Waals surface area contributed by atoms with E-state index in [1.165, 1.54) is 5.56 Å². The minimum Gasteiger partial charge on any atom is -0.303 e. The number of ketones is 2. The highest BCUT2D eigenvalue weighted by molar-refractivity contribution is 6.30. The Morgan fingerprint density at radius 3 is 2.30 bits per heavy atom. The maximum atomic E-state index is 12.8. The lowest BCUT2D eigenvalue weighted by atomic mass is 9.83. The molecule has 3 nitrogen and oxygen atoms in total. The number of halogens is 1. The summed E-state index contributed by atoms with van der Waals surface area (Å²) in [6, 6.07) is 17.3. The maximum Gasteiger partial charge on any atom is 0.173 e. The van der Waals surface area contributed by atoms with Crippen molar-refractivity contribution < 1.29 is 9.59 Å². The Kier molecular flexibility index (Phi) is 6.81. The van der Waals surface area contributed by atoms with Crippen LogP contribution < -0.4 is 0 Å². The number of Topliss-reactive ketones (excluding diaryl/α,β-unsaturated/α-hetero) is 2. The summed E-state index contributed by atoms with van der Waals surface area (Å²) < 4.78 is 0. The average molecular weight is 384 g/mol. The van der Waals surface area contributed by atoms with Crippen molar-refractivity contribution in [2.45, 2.75) is 26.2 Å². The predicted molar refractivity (Wildman–Crippen MR) is 109 cm³/mol. The molecule has 1 saturated heterocycles. The number of hydrogen-bond acceptors (Lipinski definition) is 3. The summed E-state index contributed by atoms with van der Waals surface area (Å²) in [6.45, 7) is 4.60. The first-order valence-corrected chi connectivity index (χ1v) is 10.0. The molecule has 0 aliphatic carbocycles. The number of carbonyl (C=O) groups excluding carboxylic acids is 2. The highest BCUT2D eigenvalue weighted by Crippen LogP contribution is 2.24. The third kappa shape index (κ3) is 5.27. The van der Waals surface area contributed by atoms with E-state index >= 15 is 0 Å². The lowest BCUT2D eigenvalue weighted by Crippen LogP contribution is -2.39. The monoisotopic (exact) mass is 383 g/mol. The van der Waals surface area contributed by atoms with Gasteiger partial charge in [0, 0.05) is 23.0 Å². The van der Waals surface area contributed by atoms with Gasteiger partial charge in [-0.2, -0.15) is 0 Å². The Bertz CT molecular complexity index is 765. The molecule has 1 fully saturated rings. The summed E-state index contributed by atoms with van der Waals surface area (Å²) in [6.07, 6.45) is 2.71. The molecule has 1 heterocycles. The van der Waals surface area contributed by atoms with Crippen molar-refractivity contribution >= 4 is 23.2 Å². The number of rotatable bonds is 7. The summed E-state index contributed by atoms with van der Waals surface area (Å²) in [5.41, 5.74) is 1.90. The Morgan fingerprint density at radius 2 is 1.67 bits per heavy atom. The van der Waals surface area contributed by atoms with Gasteiger partial charge in [-0.25, -0.2) is 0 Å². The third-order valence-corrected chi connectivity index (χ3v) is 5.75. The van der Waals surface area contributed by atoms with Crippen LogP contribution in [0.3, 0.4) is 0 Å². The molecule has 4 heteroatoms. The molecule has 2 aromatic rings. The zero-order chi connectivity index (χ0) is 19.2. The number of nitrogens with zero attached hydrogens (tertiary/aromatic N) is 1. The quantitative estimate of drug-likeness (QED) is 0.514. The highest BCUT2D eigenvalue weighted by Gasteiger charge is 2.31. The second-order valence-electron chi connectivity index (χ2n) is 7.35. The van der Waals surface area contributed by atoms with Crippen molar-refractivity contribution in [1.29, 1.82) is 0 Å². The predicted octanol–water partition coefficient (Wildman–Crippen LogP) is 4.68. The molecule has 27 heavy (non-hydrogen) atoms. The molecule has 0 saturated carbocycles. The van der Waals surface area contributed by atoms with Crippen LogP contribution in [0, 0.1) is 11.8 Å². The smallest absolute Gasteiger partial charge is 0.173 e. The van der Waals surface area contributed by atoms with Crippen LogP contribution in [0.4, 0.5) is 0 Å². The van der Waals surface area contributed by atoms with Crippen molar-refractivity contribution in [2.75, 3.05) is 19.6 Å². The summed E-state index contributed by atoms with van der Waals surface area (Å²) in [7, 11) is 0. The molecule has 0 aromatic heterocycles. The molecule has 0 amide bonds. The average Bonchev–Trinajstić information content (AvgIpc) is 2.72. The van der Waals surface area contributed by atoms with Gasteiger partial charge in [0.15, 0.2) is 5.78 Å². The molecule has 2 aromatic carbocycles. The van der Waals surface area contributed by atoms with Crippen LogP contribution in [0.5, 0.6) is 0 Å². The van der Waals surface area contributed by atoms with Crippen molar-refractivity contribution in [3.63, 3.8) is 0 Å². The Labute approximate surface area is 166 Å². The van der Waals surface area contributed by atoms with Crippen LogP contribution in [0.1, 0.15) is 35.7 Å². The van der Waals surface area contributed by atoms with Gasteiger partial charge in [-0.15, -0.1) is 0 Å². The van der Waals surface area contributed by atoms with Crippen molar-refractivity contribution in [1.82, 2.24) is 4.90 Å². The summed E-state index contributed by atoms with van der Waals surface area (Å²) in [5.74, 6) is -0.628. The largest absolute Gasteiger partial charge is 0.303 e. The lowest BCUT2D eigenvalue weighted by molar-refractivity contribution is -0.126. The number of hydrogen-bond donors (Lipinski definition) is 0. The first-order valence-electron chi connectivity index (χ1n) is 9.64. The summed E-state index contributed by atoms with van der Waals surface area (Å²) in [5, 5.41) is 0.591. The van der Waals surface area contributed by atoms with Gasteiger partial charge in [-0.05, 0) is 69.1 Å². The minimum atomic E-state index is -0.591. The first kappa shape index (κ1) is 19.8. The molecule has 1 unspecified atom stereocenters. The first-order chi connectivity index (χ1) is 13.0. The van der Waals surface area contributed by atoms with E-state index in [-0.39, 0.29) is 17.5 Å². The van der Waals surface area contributed by atoms with Crippen molar-refractivity contribution in [3.05, 3.63) is 70.7 Å². The van der Waals surface area contributed by atoms with Crippen LogP contribution in [0.25, 0.3) is 0 Å². The van der Waals surface area contributed by atoms with Crippen molar-refractivity contribution in [3.8, 4) is 0 Å². The van der Waals surface area contributed by atoms with E-state index in [0.717, 1.165) is 38.9 Å². The molecule has 142 valence electrons. The number of piperidine rings is 1. The lowest BCUT2D eigenvalue weighted by Gasteiger charge is -2.32. The zero-order valence-corrected chi connectivity index (χ0v) is 16.5. The van der Waals surface area contributed by atoms with E-state index in [4.69, 9.17) is 11.6 Å². The van der Waals surface area contributed by atoms with Gasteiger partial charge in [0.1, 0.15) is 5.78 Å². The van der Waals surface area contributed by atoms with Crippen LogP contribution in [0.2, 0.25) is 5.02 Å². The normalized spacial score (nSPS) is 16.8. The molecular weight excluding hydrogens is 358 g/mol. The molecule has 0 spiro atoms. The van der Waals surface area contributed by atoms with Gasteiger partial charge in [0.25, 0.3) is 0 Å². The SMILES string of the molecule is CC(C(=O)c1ccc(Cl)cc1)C(=O)C1CCN(CCc2ccccc2)CC1. The molecule has 1 atom stereocenters. The fraction of sp³-hybridized carbons (Fsp3) is 0.391. The van der Waals surface area contributed by atoms with E-state index in [2.05, 4.69) is 29.2 Å². The van der Waals surface area contributed by atoms with E-state index in [9.17, 15) is 9.59 Å². The molecule has 0 radical (unpaired) electrons. The van der Waals surface area contributed by atoms with Crippen LogP contribution in [-0.2, 0) is 11.2 Å². The topological polar surface area (TPSA) is 37.4 Å². The molecule has 3 rings (SSSR count). The second-order valence-corrected chi connectivity index (χ2v) is 7.78. The van der Waals surface area contributed by atoms with E-state index in [0.29, 0.717) is 10.6 Å². The van der Waals surface area contributed by atoms with Gasteiger partial charge in [-0.1, -0.05) is 41.9 Å². The number of likely N-dealkylation sites (tertiary alicyclic amines) is 1. The molecule has 0 bridgehead atoms. The van der Waals surface area contributed by atoms with Gasteiger partial charge < -0.3 is 4.90 Å². The van der Waals surface area contributed by atoms with Gasteiger partial charge in [0.05, 0.1) is 5.92 Å². The Hall–Kier alpha value is -1.97. The Morgan fingerprint density at radius 1 is 1.04 bits per heavy atom. The highest BCUT2D eigenvalue weighted by atomic mass is 35.5. The summed E-state index contributed by atoms with van der Waals surface area (Å²) >= 11 is 5.88. The van der Waals surface area contributed by atoms with Crippen molar-refractivity contribution in [2.24, 2.45) is 11.8 Å². The van der Waals surface area contributed by atoms with E-state index in [1.807, 2.05) is 6.07 Å². The van der Waals surface area contributed by atoms with Gasteiger partial charge in [0.2, 0.25) is 0 Å². The van der Waals surface area contributed by atoms with Gasteiger partial charge >= 0.3 is 0 Å². The standard InChI is InChI=1S/C23H26ClNO2/c1-17(22(26)19-7-9-21(24)10-8-19)23(27)20-12-15-25(16-13-20)14-11-18-5-3-2-4-6-18/h2-10,17,20H,11-16H2,1H3. The fourth-order valence-corrected chi connectivity index (χ4v) is 3.85. The third-order valence-electron chi connectivity index (χ3n) is 5.50. The summed E-state index contributed by atoms with van der Waals surface area (Å²) in [4.78, 5) is 27.8. The van der Waals surface area contributed by atoms with Crippen LogP contribution >= 0.6 is 11.6 Å². The zero-order valence-electron chi connectivity index (χ0n) is 15.7. The molecule has 1 aliphatic rings. The molecule has 1 aliphatic heterocycles.